The van der Waals surface area contributed by atoms with E-state index in [1.165, 1.54) is 24.1 Å². The summed E-state index contributed by atoms with van der Waals surface area (Å²) in [5, 5.41) is 7.52. The average molecular weight is 531 g/mol. The minimum atomic E-state index is -4.59. The number of nitrogens with one attached hydrogen (secondary N) is 1. The van der Waals surface area contributed by atoms with E-state index >= 15 is 0 Å². The summed E-state index contributed by atoms with van der Waals surface area (Å²) in [6.07, 6.45) is -4.18. The van der Waals surface area contributed by atoms with E-state index in [2.05, 4.69) is 10.4 Å². The van der Waals surface area contributed by atoms with Crippen molar-refractivity contribution in [3.63, 3.8) is 0 Å². The largest absolute Gasteiger partial charge is 0.416 e. The van der Waals surface area contributed by atoms with Crippen molar-refractivity contribution in [1.82, 2.24) is 14.7 Å². The van der Waals surface area contributed by atoms with Crippen molar-refractivity contribution < 1.29 is 27.5 Å². The van der Waals surface area contributed by atoms with Crippen LogP contribution in [0, 0.1) is 6.92 Å². The minimum absolute atomic E-state index is 0.126. The minimum Gasteiger partial charge on any atom is -0.385 e. The van der Waals surface area contributed by atoms with Crippen LogP contribution in [0.15, 0.2) is 54.6 Å². The number of carbonyl (C=O) groups excluding carboxylic acids is 2. The van der Waals surface area contributed by atoms with Gasteiger partial charge in [-0.25, -0.2) is 4.68 Å². The molecule has 0 fully saturated rings. The fourth-order valence-electron chi connectivity index (χ4n) is 3.74. The highest BCUT2D eigenvalue weighted by atomic mass is 19.4. The molecule has 38 heavy (non-hydrogen) atoms. The van der Waals surface area contributed by atoms with Crippen molar-refractivity contribution in [2.24, 2.45) is 0 Å². The summed E-state index contributed by atoms with van der Waals surface area (Å²) in [5.74, 6) is -0.756. The van der Waals surface area contributed by atoms with Crippen LogP contribution in [0.25, 0.3) is 5.69 Å². The number of amides is 2. The van der Waals surface area contributed by atoms with Crippen LogP contribution in [0.3, 0.4) is 0 Å². The molecule has 0 unspecified atom stereocenters. The number of hydrogen-bond acceptors (Lipinski definition) is 4. The molecule has 0 bridgehead atoms. The maximum atomic E-state index is 13.2. The van der Waals surface area contributed by atoms with Gasteiger partial charge in [0.05, 0.1) is 16.9 Å². The van der Waals surface area contributed by atoms with Crippen LogP contribution in [-0.4, -0.2) is 53.3 Å². The van der Waals surface area contributed by atoms with E-state index in [-0.39, 0.29) is 24.1 Å². The fourth-order valence-corrected chi connectivity index (χ4v) is 3.74. The molecular weight excluding hydrogens is 497 g/mol. The molecule has 0 aliphatic heterocycles. The molecule has 0 aliphatic rings. The topological polar surface area (TPSA) is 76.5 Å². The maximum absolute atomic E-state index is 13.2. The quantitative estimate of drug-likeness (QED) is 0.365. The van der Waals surface area contributed by atoms with Gasteiger partial charge in [0.25, 0.3) is 5.91 Å². The van der Waals surface area contributed by atoms with Crippen molar-refractivity contribution >= 4 is 17.6 Å². The number of aromatic nitrogens is 2. The van der Waals surface area contributed by atoms with E-state index in [0.717, 1.165) is 29.1 Å². The van der Waals surface area contributed by atoms with Crippen molar-refractivity contribution in [3.8, 4) is 5.69 Å². The van der Waals surface area contributed by atoms with Crippen LogP contribution in [0.1, 0.15) is 54.4 Å². The molecule has 10 heteroatoms. The standard InChI is InChI=1S/C28H33F3N4O3/c1-19-10-12-22(13-11-19)35-24(17-23(33-35)27(2,3)4)32-25(36)18-34(14-7-15-38-5)26(37)20-8-6-9-21(16-20)28(29,30)31/h6,8-13,16-17H,7,14-15,18H2,1-5H3,(H,32,36). The molecule has 0 aliphatic carbocycles. The monoisotopic (exact) mass is 530 g/mol. The number of benzene rings is 2. The van der Waals surface area contributed by atoms with Gasteiger partial charge in [0.15, 0.2) is 0 Å². The lowest BCUT2D eigenvalue weighted by molar-refractivity contribution is -0.137. The first-order valence-corrected chi connectivity index (χ1v) is 12.2. The number of halogens is 3. The van der Waals surface area contributed by atoms with Gasteiger partial charge in [-0.05, 0) is 43.7 Å². The van der Waals surface area contributed by atoms with Crippen molar-refractivity contribution in [2.75, 3.05) is 32.1 Å². The maximum Gasteiger partial charge on any atom is 0.416 e. The Hall–Kier alpha value is -3.66. The first kappa shape index (κ1) is 28.9. The number of alkyl halides is 3. The Morgan fingerprint density at radius 1 is 1.05 bits per heavy atom. The Bertz CT molecular complexity index is 1260. The lowest BCUT2D eigenvalue weighted by Crippen LogP contribution is -2.39. The molecule has 1 N–H and O–H groups in total. The molecule has 0 saturated carbocycles. The van der Waals surface area contributed by atoms with Crippen LogP contribution in [0.2, 0.25) is 0 Å². The zero-order valence-electron chi connectivity index (χ0n) is 22.2. The van der Waals surface area contributed by atoms with E-state index in [1.54, 1.807) is 10.7 Å². The van der Waals surface area contributed by atoms with Crippen LogP contribution < -0.4 is 5.32 Å². The number of anilines is 1. The van der Waals surface area contributed by atoms with Gasteiger partial charge in [-0.3, -0.25) is 9.59 Å². The van der Waals surface area contributed by atoms with E-state index in [1.807, 2.05) is 52.0 Å². The van der Waals surface area contributed by atoms with Gasteiger partial charge in [0.1, 0.15) is 12.4 Å². The number of aryl methyl sites for hydroxylation is 1. The summed E-state index contributed by atoms with van der Waals surface area (Å²) in [7, 11) is 1.50. The molecule has 3 rings (SSSR count). The fraction of sp³-hybridized carbons (Fsp3) is 0.393. The summed E-state index contributed by atoms with van der Waals surface area (Å²) >= 11 is 0. The number of rotatable bonds is 9. The van der Waals surface area contributed by atoms with Gasteiger partial charge in [-0.2, -0.15) is 18.3 Å². The number of methoxy groups -OCH3 is 1. The lowest BCUT2D eigenvalue weighted by Gasteiger charge is -2.23. The number of nitrogens with zero attached hydrogens (tertiary/aromatic N) is 3. The first-order valence-electron chi connectivity index (χ1n) is 12.2. The van der Waals surface area contributed by atoms with E-state index in [9.17, 15) is 22.8 Å². The average Bonchev–Trinajstić information content (AvgIpc) is 3.27. The summed E-state index contributed by atoms with van der Waals surface area (Å²) < 4.78 is 46.3. The summed E-state index contributed by atoms with van der Waals surface area (Å²) in [6, 6.07) is 13.6. The molecular formula is C28H33F3N4O3. The molecule has 1 aromatic heterocycles. The third kappa shape index (κ3) is 7.44. The van der Waals surface area contributed by atoms with Gasteiger partial charge < -0.3 is 15.0 Å². The molecule has 0 atom stereocenters. The summed E-state index contributed by atoms with van der Waals surface area (Å²) in [6.45, 7) is 8.07. The first-order chi connectivity index (χ1) is 17.8. The smallest absolute Gasteiger partial charge is 0.385 e. The SMILES string of the molecule is COCCCN(CC(=O)Nc1cc(C(C)(C)C)nn1-c1ccc(C)cc1)C(=O)c1cccc(C(F)(F)F)c1. The highest BCUT2D eigenvalue weighted by molar-refractivity contribution is 5.99. The van der Waals surface area contributed by atoms with Crippen LogP contribution in [0.5, 0.6) is 0 Å². The van der Waals surface area contributed by atoms with Gasteiger partial charge in [-0.15, -0.1) is 0 Å². The van der Waals surface area contributed by atoms with Gasteiger partial charge in [0, 0.05) is 37.3 Å². The second kappa shape index (κ2) is 11.8. The van der Waals surface area contributed by atoms with Crippen LogP contribution in [-0.2, 0) is 21.1 Å². The van der Waals surface area contributed by atoms with E-state index < -0.39 is 23.6 Å². The third-order valence-electron chi connectivity index (χ3n) is 5.86. The van der Waals surface area contributed by atoms with Gasteiger partial charge in [-0.1, -0.05) is 44.5 Å². The summed E-state index contributed by atoms with van der Waals surface area (Å²) in [5.41, 5.74) is 1.21. The number of ether oxygens (including phenoxy) is 1. The molecule has 1 heterocycles. The van der Waals surface area contributed by atoms with Gasteiger partial charge in [0.2, 0.25) is 5.91 Å². The van der Waals surface area contributed by atoms with Crippen LogP contribution in [0.4, 0.5) is 19.0 Å². The Kier molecular flexibility index (Phi) is 8.98. The third-order valence-corrected chi connectivity index (χ3v) is 5.86. The predicted molar refractivity (Wildman–Crippen MR) is 139 cm³/mol. The second-order valence-corrected chi connectivity index (χ2v) is 10.1. The molecule has 0 radical (unpaired) electrons. The molecule has 0 saturated heterocycles. The van der Waals surface area contributed by atoms with E-state index in [0.29, 0.717) is 18.8 Å². The highest BCUT2D eigenvalue weighted by Crippen LogP contribution is 2.30. The Morgan fingerprint density at radius 3 is 2.34 bits per heavy atom. The van der Waals surface area contributed by atoms with E-state index in [4.69, 9.17) is 4.74 Å². The Labute approximate surface area is 220 Å². The molecule has 0 spiro atoms. The second-order valence-electron chi connectivity index (χ2n) is 10.1. The zero-order valence-corrected chi connectivity index (χ0v) is 22.2. The van der Waals surface area contributed by atoms with Crippen molar-refractivity contribution in [1.29, 1.82) is 0 Å². The predicted octanol–water partition coefficient (Wildman–Crippen LogP) is 5.61. The zero-order chi connectivity index (χ0) is 28.1. The van der Waals surface area contributed by atoms with Crippen molar-refractivity contribution in [3.05, 3.63) is 77.0 Å². The molecule has 204 valence electrons. The van der Waals surface area contributed by atoms with Crippen LogP contribution >= 0.6 is 0 Å². The molecule has 3 aromatic rings. The molecule has 7 nitrogen and oxygen atoms in total. The number of carbonyl (C=O) groups is 2. The molecule has 2 aromatic carbocycles. The lowest BCUT2D eigenvalue weighted by atomic mass is 9.92. The number of hydrogen-bond donors (Lipinski definition) is 1. The summed E-state index contributed by atoms with van der Waals surface area (Å²) in [4.78, 5) is 27.6. The van der Waals surface area contributed by atoms with Crippen molar-refractivity contribution in [2.45, 2.75) is 45.7 Å². The highest BCUT2D eigenvalue weighted by Gasteiger charge is 2.31. The van der Waals surface area contributed by atoms with Gasteiger partial charge >= 0.3 is 6.18 Å². The molecule has 2 amide bonds. The Balaban J connectivity index is 1.87. The normalized spacial score (nSPS) is 11.9. The Morgan fingerprint density at radius 2 is 1.74 bits per heavy atom.